The molecule has 0 fully saturated rings. The Morgan fingerprint density at radius 2 is 2.10 bits per heavy atom. The normalized spacial score (nSPS) is 10.6. The van der Waals surface area contributed by atoms with Crippen LogP contribution in [0.5, 0.6) is 5.75 Å². The maximum absolute atomic E-state index is 6.26. The van der Waals surface area contributed by atoms with Gasteiger partial charge in [0.15, 0.2) is 0 Å². The summed E-state index contributed by atoms with van der Waals surface area (Å²) in [4.78, 5) is 0. The monoisotopic (exact) mass is 311 g/mol. The molecule has 1 aromatic carbocycles. The zero-order chi connectivity index (χ0) is 15.3. The van der Waals surface area contributed by atoms with Crippen molar-refractivity contribution < 1.29 is 9.47 Å². The molecule has 0 unspecified atom stereocenters. The summed E-state index contributed by atoms with van der Waals surface area (Å²) < 4.78 is 10.9. The zero-order valence-electron chi connectivity index (χ0n) is 12.9. The lowest BCUT2D eigenvalue weighted by molar-refractivity contribution is 0.199. The van der Waals surface area contributed by atoms with Crippen LogP contribution in [-0.2, 0) is 11.3 Å². The van der Waals surface area contributed by atoms with Crippen molar-refractivity contribution in [1.82, 2.24) is 5.32 Å². The summed E-state index contributed by atoms with van der Waals surface area (Å²) in [5.74, 6) is 0.871. The van der Waals surface area contributed by atoms with Gasteiger partial charge < -0.3 is 14.8 Å². The minimum Gasteiger partial charge on any atom is -0.493 e. The number of hydrogen-bond donors (Lipinski definition) is 1. The standard InChI is InChI=1S/C17H26ClNO2/c1-3-4-5-6-7-12-21-17-10-8-9-16(18)15(17)14-19-11-13-20-2/h3,8-10,19H,1,4-7,11-14H2,2H3. The number of allylic oxidation sites excluding steroid dienone is 1. The third kappa shape index (κ3) is 7.51. The van der Waals surface area contributed by atoms with E-state index in [1.54, 1.807) is 7.11 Å². The minimum atomic E-state index is 0.684. The molecular formula is C17H26ClNO2. The molecule has 0 amide bonds. The van der Waals surface area contributed by atoms with E-state index in [4.69, 9.17) is 21.1 Å². The van der Waals surface area contributed by atoms with E-state index in [2.05, 4.69) is 11.9 Å². The Labute approximate surface area is 133 Å². The number of nitrogens with one attached hydrogen (secondary N) is 1. The molecule has 0 saturated heterocycles. The second kappa shape index (κ2) is 11.6. The molecular weight excluding hydrogens is 286 g/mol. The molecule has 118 valence electrons. The molecule has 3 nitrogen and oxygen atoms in total. The van der Waals surface area contributed by atoms with Crippen LogP contribution in [0, 0.1) is 0 Å². The van der Waals surface area contributed by atoms with Crippen molar-refractivity contribution in [3.63, 3.8) is 0 Å². The van der Waals surface area contributed by atoms with Crippen molar-refractivity contribution >= 4 is 11.6 Å². The maximum Gasteiger partial charge on any atom is 0.125 e. The first-order valence-electron chi connectivity index (χ1n) is 7.50. The first kappa shape index (κ1) is 18.0. The van der Waals surface area contributed by atoms with Gasteiger partial charge in [-0.2, -0.15) is 0 Å². The van der Waals surface area contributed by atoms with E-state index in [1.807, 2.05) is 24.3 Å². The van der Waals surface area contributed by atoms with Gasteiger partial charge in [0, 0.05) is 30.8 Å². The number of methoxy groups -OCH3 is 1. The Morgan fingerprint density at radius 3 is 2.86 bits per heavy atom. The van der Waals surface area contributed by atoms with Crippen molar-refractivity contribution in [3.05, 3.63) is 41.4 Å². The Bertz CT molecular complexity index is 410. The molecule has 0 aromatic heterocycles. The molecule has 0 aliphatic heterocycles. The highest BCUT2D eigenvalue weighted by Gasteiger charge is 2.07. The molecule has 1 aromatic rings. The van der Waals surface area contributed by atoms with Gasteiger partial charge in [0.1, 0.15) is 5.75 Å². The van der Waals surface area contributed by atoms with E-state index in [9.17, 15) is 0 Å². The topological polar surface area (TPSA) is 30.5 Å². The average Bonchev–Trinajstić information content (AvgIpc) is 2.49. The van der Waals surface area contributed by atoms with Gasteiger partial charge >= 0.3 is 0 Å². The quantitative estimate of drug-likeness (QED) is 0.463. The van der Waals surface area contributed by atoms with Gasteiger partial charge in [-0.25, -0.2) is 0 Å². The molecule has 1 N–H and O–H groups in total. The van der Waals surface area contributed by atoms with Crippen molar-refractivity contribution in [1.29, 1.82) is 0 Å². The van der Waals surface area contributed by atoms with Crippen LogP contribution in [0.25, 0.3) is 0 Å². The summed E-state index contributed by atoms with van der Waals surface area (Å²) in [6, 6.07) is 5.79. The molecule has 0 bridgehead atoms. The van der Waals surface area contributed by atoms with E-state index in [-0.39, 0.29) is 0 Å². The predicted octanol–water partition coefficient (Wildman–Crippen LogP) is 4.20. The number of hydrogen-bond acceptors (Lipinski definition) is 3. The second-order valence-electron chi connectivity index (χ2n) is 4.87. The highest BCUT2D eigenvalue weighted by molar-refractivity contribution is 6.31. The van der Waals surface area contributed by atoms with Crippen molar-refractivity contribution in [2.24, 2.45) is 0 Å². The summed E-state index contributed by atoms with van der Waals surface area (Å²) in [7, 11) is 1.69. The molecule has 0 aliphatic rings. The maximum atomic E-state index is 6.26. The van der Waals surface area contributed by atoms with Crippen LogP contribution in [0.1, 0.15) is 31.2 Å². The van der Waals surface area contributed by atoms with Crippen LogP contribution in [0.3, 0.4) is 0 Å². The van der Waals surface area contributed by atoms with Crippen LogP contribution in [0.4, 0.5) is 0 Å². The summed E-state index contributed by atoms with van der Waals surface area (Å²) in [5.41, 5.74) is 1.02. The zero-order valence-corrected chi connectivity index (χ0v) is 13.6. The molecule has 0 saturated carbocycles. The highest BCUT2D eigenvalue weighted by atomic mass is 35.5. The molecule has 0 heterocycles. The van der Waals surface area contributed by atoms with Crippen molar-refractivity contribution in [2.45, 2.75) is 32.2 Å². The number of rotatable bonds is 12. The van der Waals surface area contributed by atoms with Crippen LogP contribution in [0.2, 0.25) is 5.02 Å². The molecule has 0 aliphatic carbocycles. The van der Waals surface area contributed by atoms with Gasteiger partial charge in [-0.05, 0) is 37.8 Å². The Balaban J connectivity index is 2.41. The number of halogens is 1. The fourth-order valence-corrected chi connectivity index (χ4v) is 2.22. The van der Waals surface area contributed by atoms with E-state index < -0.39 is 0 Å². The first-order valence-corrected chi connectivity index (χ1v) is 7.88. The molecule has 4 heteroatoms. The van der Waals surface area contributed by atoms with Crippen LogP contribution >= 0.6 is 11.6 Å². The Kier molecular flexibility index (Phi) is 9.96. The Morgan fingerprint density at radius 1 is 1.24 bits per heavy atom. The number of unbranched alkanes of at least 4 members (excludes halogenated alkanes) is 3. The predicted molar refractivity (Wildman–Crippen MR) is 89.2 cm³/mol. The van der Waals surface area contributed by atoms with E-state index in [0.29, 0.717) is 13.2 Å². The highest BCUT2D eigenvalue weighted by Crippen LogP contribution is 2.26. The fourth-order valence-electron chi connectivity index (χ4n) is 1.98. The Hall–Kier alpha value is -1.03. The third-order valence-corrected chi connectivity index (χ3v) is 3.52. The van der Waals surface area contributed by atoms with E-state index >= 15 is 0 Å². The molecule has 1 rings (SSSR count). The summed E-state index contributed by atoms with van der Waals surface area (Å²) in [5, 5.41) is 4.04. The fraction of sp³-hybridized carbons (Fsp3) is 0.529. The van der Waals surface area contributed by atoms with E-state index in [0.717, 1.165) is 48.7 Å². The largest absolute Gasteiger partial charge is 0.493 e. The molecule has 0 spiro atoms. The third-order valence-electron chi connectivity index (χ3n) is 3.17. The van der Waals surface area contributed by atoms with Crippen LogP contribution in [-0.4, -0.2) is 26.9 Å². The lowest BCUT2D eigenvalue weighted by atomic mass is 10.2. The van der Waals surface area contributed by atoms with Gasteiger partial charge in [0.05, 0.1) is 13.2 Å². The number of ether oxygens (including phenoxy) is 2. The molecule has 0 radical (unpaired) electrons. The summed E-state index contributed by atoms with van der Waals surface area (Å²) in [6.07, 6.45) is 6.42. The van der Waals surface area contributed by atoms with Gasteiger partial charge in [0.2, 0.25) is 0 Å². The first-order chi connectivity index (χ1) is 10.3. The second-order valence-corrected chi connectivity index (χ2v) is 5.28. The summed E-state index contributed by atoms with van der Waals surface area (Å²) in [6.45, 7) is 6.62. The molecule has 0 atom stereocenters. The summed E-state index contributed by atoms with van der Waals surface area (Å²) >= 11 is 6.26. The number of benzene rings is 1. The van der Waals surface area contributed by atoms with Gasteiger partial charge in [-0.15, -0.1) is 6.58 Å². The average molecular weight is 312 g/mol. The SMILES string of the molecule is C=CCCCCCOc1cccc(Cl)c1CNCCOC. The molecule has 21 heavy (non-hydrogen) atoms. The lowest BCUT2D eigenvalue weighted by Gasteiger charge is -2.13. The van der Waals surface area contributed by atoms with Crippen molar-refractivity contribution in [2.75, 3.05) is 26.9 Å². The lowest BCUT2D eigenvalue weighted by Crippen LogP contribution is -2.19. The van der Waals surface area contributed by atoms with Crippen LogP contribution in [0.15, 0.2) is 30.9 Å². The van der Waals surface area contributed by atoms with Gasteiger partial charge in [0.25, 0.3) is 0 Å². The minimum absolute atomic E-state index is 0.684. The van der Waals surface area contributed by atoms with Gasteiger partial charge in [-0.1, -0.05) is 23.7 Å². The van der Waals surface area contributed by atoms with Gasteiger partial charge in [-0.3, -0.25) is 0 Å². The van der Waals surface area contributed by atoms with Crippen LogP contribution < -0.4 is 10.1 Å². The van der Waals surface area contributed by atoms with E-state index in [1.165, 1.54) is 6.42 Å². The smallest absolute Gasteiger partial charge is 0.125 e. The van der Waals surface area contributed by atoms with Crippen molar-refractivity contribution in [3.8, 4) is 5.75 Å².